The monoisotopic (exact) mass is 242 g/mol. The van der Waals surface area contributed by atoms with Gasteiger partial charge in [0.2, 0.25) is 0 Å². The van der Waals surface area contributed by atoms with Gasteiger partial charge in [-0.25, -0.2) is 9.67 Å². The molecule has 0 saturated heterocycles. The van der Waals surface area contributed by atoms with E-state index in [1.54, 1.807) is 13.1 Å². The molecule has 0 aliphatic carbocycles. The van der Waals surface area contributed by atoms with Gasteiger partial charge in [-0.15, -0.1) is 0 Å². The van der Waals surface area contributed by atoms with Crippen molar-refractivity contribution < 1.29 is 13.2 Å². The smallest absolute Gasteiger partial charge is 0.396 e. The Morgan fingerprint density at radius 3 is 2.53 bits per heavy atom. The third-order valence-electron chi connectivity index (χ3n) is 2.16. The molecule has 4 nitrogen and oxygen atoms in total. The van der Waals surface area contributed by atoms with Crippen molar-refractivity contribution in [2.24, 2.45) is 0 Å². The van der Waals surface area contributed by atoms with E-state index in [4.69, 9.17) is 5.73 Å². The minimum atomic E-state index is -4.50. The van der Waals surface area contributed by atoms with Crippen LogP contribution < -0.4 is 5.73 Å². The van der Waals surface area contributed by atoms with Crippen LogP contribution in [0.15, 0.2) is 24.7 Å². The first-order chi connectivity index (χ1) is 7.88. The molecule has 0 spiro atoms. The highest BCUT2D eigenvalue weighted by Gasteiger charge is 2.33. The predicted molar refractivity (Wildman–Crippen MR) is 55.5 cm³/mol. The highest BCUT2D eigenvalue weighted by Crippen LogP contribution is 2.30. The summed E-state index contributed by atoms with van der Waals surface area (Å²) in [6, 6.07) is 0.877. The van der Waals surface area contributed by atoms with Gasteiger partial charge in [0.1, 0.15) is 5.69 Å². The standard InChI is InChI=1S/C10H9F3N4/c1-6-3-16-17(5-6)8-2-9(10(11,12)13)15-4-7(8)14/h2-5H,14H2,1H3. The van der Waals surface area contributed by atoms with E-state index in [1.807, 2.05) is 0 Å². The number of pyridine rings is 1. The molecular weight excluding hydrogens is 233 g/mol. The van der Waals surface area contributed by atoms with Crippen molar-refractivity contribution in [1.82, 2.24) is 14.8 Å². The molecule has 2 N–H and O–H groups in total. The highest BCUT2D eigenvalue weighted by molar-refractivity contribution is 5.56. The molecule has 7 heteroatoms. The fourth-order valence-electron chi connectivity index (χ4n) is 1.35. The largest absolute Gasteiger partial charge is 0.433 e. The molecule has 0 bridgehead atoms. The molecule has 2 heterocycles. The van der Waals surface area contributed by atoms with E-state index in [1.165, 1.54) is 10.9 Å². The van der Waals surface area contributed by atoms with Gasteiger partial charge in [0.25, 0.3) is 0 Å². The van der Waals surface area contributed by atoms with Crippen LogP contribution >= 0.6 is 0 Å². The summed E-state index contributed by atoms with van der Waals surface area (Å²) in [7, 11) is 0. The summed E-state index contributed by atoms with van der Waals surface area (Å²) in [5.74, 6) is 0. The maximum absolute atomic E-state index is 12.5. The number of hydrogen-bond donors (Lipinski definition) is 1. The predicted octanol–water partition coefficient (Wildman–Crippen LogP) is 2.18. The van der Waals surface area contributed by atoms with E-state index in [2.05, 4.69) is 10.1 Å². The lowest BCUT2D eigenvalue weighted by molar-refractivity contribution is -0.141. The molecule has 0 saturated carbocycles. The number of hydrogen-bond acceptors (Lipinski definition) is 3. The molecule has 17 heavy (non-hydrogen) atoms. The molecule has 0 amide bonds. The van der Waals surface area contributed by atoms with Crippen LogP contribution in [0.1, 0.15) is 11.3 Å². The van der Waals surface area contributed by atoms with Gasteiger partial charge in [-0.05, 0) is 18.6 Å². The van der Waals surface area contributed by atoms with Crippen molar-refractivity contribution in [3.05, 3.63) is 35.9 Å². The Kier molecular flexibility index (Phi) is 2.53. The van der Waals surface area contributed by atoms with Crippen LogP contribution in [0.25, 0.3) is 5.69 Å². The number of rotatable bonds is 1. The van der Waals surface area contributed by atoms with Gasteiger partial charge < -0.3 is 5.73 Å². The fraction of sp³-hybridized carbons (Fsp3) is 0.200. The second-order valence-electron chi connectivity index (χ2n) is 3.59. The molecule has 0 aromatic carbocycles. The summed E-state index contributed by atoms with van der Waals surface area (Å²) in [6.45, 7) is 1.78. The van der Waals surface area contributed by atoms with Gasteiger partial charge in [-0.3, -0.25) is 0 Å². The highest BCUT2D eigenvalue weighted by atomic mass is 19.4. The van der Waals surface area contributed by atoms with Crippen molar-refractivity contribution in [3.8, 4) is 5.69 Å². The summed E-state index contributed by atoms with van der Waals surface area (Å²) in [4.78, 5) is 3.25. The second kappa shape index (κ2) is 3.76. The topological polar surface area (TPSA) is 56.7 Å². The third kappa shape index (κ3) is 2.22. The lowest BCUT2D eigenvalue weighted by atomic mass is 10.3. The number of nitrogen functional groups attached to an aromatic ring is 1. The van der Waals surface area contributed by atoms with Crippen molar-refractivity contribution in [2.75, 3.05) is 5.73 Å². The number of halogens is 3. The number of nitrogens with zero attached hydrogens (tertiary/aromatic N) is 3. The van der Waals surface area contributed by atoms with E-state index in [0.717, 1.165) is 17.8 Å². The van der Waals surface area contributed by atoms with Crippen LogP contribution in [0.5, 0.6) is 0 Å². The first kappa shape index (κ1) is 11.4. The molecule has 0 aliphatic rings. The van der Waals surface area contributed by atoms with Crippen LogP contribution in [-0.2, 0) is 6.18 Å². The Hall–Kier alpha value is -2.05. The number of aromatic nitrogens is 3. The number of anilines is 1. The number of aryl methyl sites for hydroxylation is 1. The minimum absolute atomic E-state index is 0.140. The van der Waals surface area contributed by atoms with Crippen LogP contribution in [0.2, 0.25) is 0 Å². The van der Waals surface area contributed by atoms with Gasteiger partial charge in [-0.2, -0.15) is 18.3 Å². The number of nitrogens with two attached hydrogens (primary N) is 1. The van der Waals surface area contributed by atoms with Crippen LogP contribution in [0.4, 0.5) is 18.9 Å². The van der Waals surface area contributed by atoms with Crippen LogP contribution in [0, 0.1) is 6.92 Å². The average molecular weight is 242 g/mol. The molecular formula is C10H9F3N4. The zero-order chi connectivity index (χ0) is 12.6. The molecule has 90 valence electrons. The maximum Gasteiger partial charge on any atom is 0.433 e. The summed E-state index contributed by atoms with van der Waals surface area (Å²) in [6.07, 6.45) is -0.390. The normalized spacial score (nSPS) is 11.8. The Bertz CT molecular complexity index is 545. The second-order valence-corrected chi connectivity index (χ2v) is 3.59. The lowest BCUT2D eigenvalue weighted by Crippen LogP contribution is -2.11. The summed E-state index contributed by atoms with van der Waals surface area (Å²) in [5.41, 5.74) is 5.73. The zero-order valence-corrected chi connectivity index (χ0v) is 8.86. The minimum Gasteiger partial charge on any atom is -0.396 e. The van der Waals surface area contributed by atoms with Gasteiger partial charge in [0, 0.05) is 6.20 Å². The van der Waals surface area contributed by atoms with Gasteiger partial charge in [0.05, 0.1) is 23.8 Å². The van der Waals surface area contributed by atoms with Crippen LogP contribution in [0.3, 0.4) is 0 Å². The fourth-order valence-corrected chi connectivity index (χ4v) is 1.35. The summed E-state index contributed by atoms with van der Waals surface area (Å²) in [5, 5.41) is 3.91. The van der Waals surface area contributed by atoms with Gasteiger partial charge >= 0.3 is 6.18 Å². The van der Waals surface area contributed by atoms with E-state index in [9.17, 15) is 13.2 Å². The van der Waals surface area contributed by atoms with Gasteiger partial charge in [-0.1, -0.05) is 0 Å². The molecule has 2 aromatic heterocycles. The quantitative estimate of drug-likeness (QED) is 0.833. The van der Waals surface area contributed by atoms with Crippen molar-refractivity contribution >= 4 is 5.69 Å². The third-order valence-corrected chi connectivity index (χ3v) is 2.16. The van der Waals surface area contributed by atoms with E-state index < -0.39 is 11.9 Å². The van der Waals surface area contributed by atoms with Crippen LogP contribution in [-0.4, -0.2) is 14.8 Å². The lowest BCUT2D eigenvalue weighted by Gasteiger charge is -2.10. The molecule has 0 unspecified atom stereocenters. The molecule has 2 rings (SSSR count). The summed E-state index contributed by atoms with van der Waals surface area (Å²) >= 11 is 0. The first-order valence-electron chi connectivity index (χ1n) is 4.72. The Morgan fingerprint density at radius 1 is 1.29 bits per heavy atom. The Balaban J connectivity index is 2.54. The molecule has 0 aliphatic heterocycles. The maximum atomic E-state index is 12.5. The van der Waals surface area contributed by atoms with E-state index >= 15 is 0 Å². The van der Waals surface area contributed by atoms with E-state index in [-0.39, 0.29) is 11.4 Å². The van der Waals surface area contributed by atoms with E-state index in [0.29, 0.717) is 0 Å². The summed E-state index contributed by atoms with van der Waals surface area (Å²) < 4.78 is 38.8. The SMILES string of the molecule is Cc1cnn(-c2cc(C(F)(F)F)ncc2N)c1. The van der Waals surface area contributed by atoms with Crippen molar-refractivity contribution in [2.45, 2.75) is 13.1 Å². The Morgan fingerprint density at radius 2 is 2.00 bits per heavy atom. The molecule has 0 radical (unpaired) electrons. The molecule has 0 fully saturated rings. The zero-order valence-electron chi connectivity index (χ0n) is 8.86. The number of alkyl halides is 3. The Labute approximate surface area is 94.9 Å². The van der Waals surface area contributed by atoms with Crippen molar-refractivity contribution in [1.29, 1.82) is 0 Å². The van der Waals surface area contributed by atoms with Crippen molar-refractivity contribution in [3.63, 3.8) is 0 Å². The first-order valence-corrected chi connectivity index (χ1v) is 4.72. The average Bonchev–Trinajstić information content (AvgIpc) is 2.63. The van der Waals surface area contributed by atoms with Gasteiger partial charge in [0.15, 0.2) is 0 Å². The molecule has 2 aromatic rings. The molecule has 0 atom stereocenters.